The number of hydrogen-bond donors (Lipinski definition) is 1. The molecule has 1 aliphatic heterocycles. The molecule has 1 N–H and O–H groups in total. The van der Waals surface area contributed by atoms with Crippen molar-refractivity contribution in [2.75, 3.05) is 26.9 Å². The topological polar surface area (TPSA) is 38.7 Å². The average molecular weight is 236 g/mol. The van der Waals surface area contributed by atoms with Crippen LogP contribution in [0.2, 0.25) is 0 Å². The first kappa shape index (κ1) is 12.4. The van der Waals surface area contributed by atoms with E-state index in [0.29, 0.717) is 13.2 Å². The van der Waals surface area contributed by atoms with Crippen molar-refractivity contribution in [1.82, 2.24) is 0 Å². The number of hydrogen-bond acceptors (Lipinski definition) is 3. The predicted octanol–water partition coefficient (Wildman–Crippen LogP) is 1.86. The third kappa shape index (κ3) is 2.31. The Hall–Kier alpha value is -1.06. The van der Waals surface area contributed by atoms with Gasteiger partial charge >= 0.3 is 0 Å². The van der Waals surface area contributed by atoms with Crippen LogP contribution < -0.4 is 4.74 Å². The van der Waals surface area contributed by atoms with Crippen LogP contribution in [0.5, 0.6) is 5.75 Å². The van der Waals surface area contributed by atoms with Crippen molar-refractivity contribution in [2.24, 2.45) is 5.41 Å². The Labute approximate surface area is 102 Å². The van der Waals surface area contributed by atoms with Crippen LogP contribution in [0.1, 0.15) is 16.7 Å². The minimum absolute atomic E-state index is 0.0637. The highest BCUT2D eigenvalue weighted by molar-refractivity contribution is 5.42. The van der Waals surface area contributed by atoms with Gasteiger partial charge in [0.05, 0.1) is 26.9 Å². The zero-order valence-electron chi connectivity index (χ0n) is 10.7. The SMILES string of the molecule is COc1cc(C)c(CC2(CO)COC2)cc1C. The lowest BCUT2D eigenvalue weighted by Gasteiger charge is -2.40. The molecule has 0 unspecified atom stereocenters. The van der Waals surface area contributed by atoms with Crippen LogP contribution in [0.4, 0.5) is 0 Å². The lowest BCUT2D eigenvalue weighted by molar-refractivity contribution is -0.136. The fourth-order valence-corrected chi connectivity index (χ4v) is 2.30. The van der Waals surface area contributed by atoms with Gasteiger partial charge in [0.15, 0.2) is 0 Å². The second kappa shape index (κ2) is 4.67. The molecule has 3 nitrogen and oxygen atoms in total. The highest BCUT2D eigenvalue weighted by atomic mass is 16.5. The first-order chi connectivity index (χ1) is 8.10. The number of methoxy groups -OCH3 is 1. The molecule has 0 radical (unpaired) electrons. The molecule has 0 amide bonds. The summed E-state index contributed by atoms with van der Waals surface area (Å²) >= 11 is 0. The Morgan fingerprint density at radius 2 is 2.00 bits per heavy atom. The lowest BCUT2D eigenvalue weighted by Crippen LogP contribution is -2.47. The molecule has 17 heavy (non-hydrogen) atoms. The molecule has 1 heterocycles. The minimum atomic E-state index is -0.0637. The zero-order valence-corrected chi connectivity index (χ0v) is 10.7. The van der Waals surface area contributed by atoms with Gasteiger partial charge < -0.3 is 14.6 Å². The summed E-state index contributed by atoms with van der Waals surface area (Å²) in [5, 5.41) is 9.45. The van der Waals surface area contributed by atoms with Crippen LogP contribution in [0.3, 0.4) is 0 Å². The normalized spacial score (nSPS) is 17.6. The molecule has 94 valence electrons. The van der Waals surface area contributed by atoms with Gasteiger partial charge in [-0.2, -0.15) is 0 Å². The van der Waals surface area contributed by atoms with Gasteiger partial charge in [-0.05, 0) is 43.0 Å². The third-order valence-electron chi connectivity index (χ3n) is 3.57. The highest BCUT2D eigenvalue weighted by Crippen LogP contribution is 2.33. The predicted molar refractivity (Wildman–Crippen MR) is 66.5 cm³/mol. The van der Waals surface area contributed by atoms with Gasteiger partial charge in [0.2, 0.25) is 0 Å². The summed E-state index contributed by atoms with van der Waals surface area (Å²) in [6.45, 7) is 5.64. The number of ether oxygens (including phenoxy) is 2. The fraction of sp³-hybridized carbons (Fsp3) is 0.571. The molecule has 0 atom stereocenters. The van der Waals surface area contributed by atoms with Gasteiger partial charge in [-0.1, -0.05) is 6.07 Å². The molecular formula is C14H20O3. The van der Waals surface area contributed by atoms with Crippen molar-refractivity contribution in [2.45, 2.75) is 20.3 Å². The van der Waals surface area contributed by atoms with Crippen LogP contribution in [-0.2, 0) is 11.2 Å². The van der Waals surface area contributed by atoms with Crippen LogP contribution >= 0.6 is 0 Å². The van der Waals surface area contributed by atoms with E-state index in [0.717, 1.165) is 17.7 Å². The lowest BCUT2D eigenvalue weighted by atomic mass is 9.79. The largest absolute Gasteiger partial charge is 0.496 e. The molecular weight excluding hydrogens is 216 g/mol. The molecule has 0 aliphatic carbocycles. The molecule has 1 fully saturated rings. The minimum Gasteiger partial charge on any atom is -0.496 e. The van der Waals surface area contributed by atoms with E-state index in [4.69, 9.17) is 9.47 Å². The van der Waals surface area contributed by atoms with Crippen molar-refractivity contribution < 1.29 is 14.6 Å². The second-order valence-electron chi connectivity index (χ2n) is 5.08. The Bertz CT molecular complexity index is 403. The van der Waals surface area contributed by atoms with E-state index >= 15 is 0 Å². The summed E-state index contributed by atoms with van der Waals surface area (Å²) in [5.74, 6) is 0.925. The molecule has 2 rings (SSSR count). The van der Waals surface area contributed by atoms with Crippen LogP contribution in [-0.4, -0.2) is 32.0 Å². The Morgan fingerprint density at radius 1 is 1.29 bits per heavy atom. The number of aliphatic hydroxyl groups excluding tert-OH is 1. The second-order valence-corrected chi connectivity index (χ2v) is 5.08. The van der Waals surface area contributed by atoms with Gasteiger partial charge in [0.1, 0.15) is 5.75 Å². The first-order valence-electron chi connectivity index (χ1n) is 5.93. The number of benzene rings is 1. The van der Waals surface area contributed by atoms with Gasteiger partial charge in [-0.25, -0.2) is 0 Å². The van der Waals surface area contributed by atoms with Crippen molar-refractivity contribution >= 4 is 0 Å². The molecule has 0 aromatic heterocycles. The number of aliphatic hydroxyl groups is 1. The smallest absolute Gasteiger partial charge is 0.122 e. The summed E-state index contributed by atoms with van der Waals surface area (Å²) in [6.07, 6.45) is 0.875. The molecule has 0 bridgehead atoms. The molecule has 3 heteroatoms. The molecule has 1 aliphatic rings. The van der Waals surface area contributed by atoms with Crippen LogP contribution in [0.25, 0.3) is 0 Å². The fourth-order valence-electron chi connectivity index (χ4n) is 2.30. The highest BCUT2D eigenvalue weighted by Gasteiger charge is 2.38. The van der Waals surface area contributed by atoms with Crippen LogP contribution in [0.15, 0.2) is 12.1 Å². The number of rotatable bonds is 4. The summed E-state index contributed by atoms with van der Waals surface area (Å²) in [5.41, 5.74) is 3.57. The van der Waals surface area contributed by atoms with E-state index < -0.39 is 0 Å². The zero-order chi connectivity index (χ0) is 12.5. The maximum absolute atomic E-state index is 9.45. The summed E-state index contributed by atoms with van der Waals surface area (Å²) in [4.78, 5) is 0. The summed E-state index contributed by atoms with van der Waals surface area (Å²) in [6, 6.07) is 4.22. The van der Waals surface area contributed by atoms with Crippen molar-refractivity contribution in [3.63, 3.8) is 0 Å². The van der Waals surface area contributed by atoms with Crippen molar-refractivity contribution in [3.8, 4) is 5.75 Å². The average Bonchev–Trinajstić information content (AvgIpc) is 2.27. The maximum Gasteiger partial charge on any atom is 0.122 e. The molecule has 1 aromatic carbocycles. The van der Waals surface area contributed by atoms with E-state index in [1.54, 1.807) is 7.11 Å². The van der Waals surface area contributed by atoms with E-state index in [9.17, 15) is 5.11 Å². The standard InChI is InChI=1S/C14H20O3/c1-10-5-13(16-3)11(2)4-12(10)6-14(7-15)8-17-9-14/h4-5,15H,6-9H2,1-3H3. The van der Waals surface area contributed by atoms with E-state index in [-0.39, 0.29) is 12.0 Å². The van der Waals surface area contributed by atoms with Gasteiger partial charge in [0.25, 0.3) is 0 Å². The maximum atomic E-state index is 9.45. The van der Waals surface area contributed by atoms with Gasteiger partial charge in [0, 0.05) is 5.41 Å². The monoisotopic (exact) mass is 236 g/mol. The molecule has 0 spiro atoms. The third-order valence-corrected chi connectivity index (χ3v) is 3.57. The number of aryl methyl sites for hydroxylation is 2. The Kier molecular flexibility index (Phi) is 3.40. The quantitative estimate of drug-likeness (QED) is 0.867. The molecule has 1 saturated heterocycles. The van der Waals surface area contributed by atoms with E-state index in [2.05, 4.69) is 19.1 Å². The Morgan fingerprint density at radius 3 is 2.47 bits per heavy atom. The van der Waals surface area contributed by atoms with E-state index in [1.807, 2.05) is 6.92 Å². The Balaban J connectivity index is 2.24. The molecule has 1 aromatic rings. The van der Waals surface area contributed by atoms with Gasteiger partial charge in [-0.3, -0.25) is 0 Å². The van der Waals surface area contributed by atoms with Crippen LogP contribution in [0, 0.1) is 19.3 Å². The summed E-state index contributed by atoms with van der Waals surface area (Å²) in [7, 11) is 1.69. The van der Waals surface area contributed by atoms with Crippen molar-refractivity contribution in [1.29, 1.82) is 0 Å². The molecule has 0 saturated carbocycles. The van der Waals surface area contributed by atoms with Gasteiger partial charge in [-0.15, -0.1) is 0 Å². The summed E-state index contributed by atoms with van der Waals surface area (Å²) < 4.78 is 10.5. The van der Waals surface area contributed by atoms with E-state index in [1.165, 1.54) is 11.1 Å². The van der Waals surface area contributed by atoms with Crippen molar-refractivity contribution in [3.05, 3.63) is 28.8 Å². The first-order valence-corrected chi connectivity index (χ1v) is 5.93.